The molecule has 5 heterocycles. The van der Waals surface area contributed by atoms with Crippen LogP contribution in [0.5, 0.6) is 5.75 Å². The van der Waals surface area contributed by atoms with E-state index >= 15 is 0 Å². The van der Waals surface area contributed by atoms with E-state index in [2.05, 4.69) is 53.1 Å². The van der Waals surface area contributed by atoms with E-state index in [9.17, 15) is 0 Å². The lowest BCUT2D eigenvalue weighted by Gasteiger charge is -2.11. The van der Waals surface area contributed by atoms with E-state index in [1.54, 1.807) is 30.8 Å². The van der Waals surface area contributed by atoms with Crippen LogP contribution in [0.25, 0.3) is 32.7 Å². The van der Waals surface area contributed by atoms with Gasteiger partial charge in [-0.15, -0.1) is 11.3 Å². The van der Waals surface area contributed by atoms with Gasteiger partial charge in [0.05, 0.1) is 41.0 Å². The number of methoxy groups -OCH3 is 1. The normalized spacial score (nSPS) is 11.8. The predicted octanol–water partition coefficient (Wildman–Crippen LogP) is 6.23. The van der Waals surface area contributed by atoms with Gasteiger partial charge >= 0.3 is 0 Å². The molecule has 34 heavy (non-hydrogen) atoms. The molecular formula is C27H25N5OS. The standard InChI is InChI=1S/C27H25N5OS/c1-5-29-27(25-16(2)6-8-21(32-25)18-12-19(33-4)15-28-14-18)23-13-20-22(31-23)10-11-30-26(20)24-9-7-17(3)34-24/h6-15,31H,5H2,1-4H3/b29-27-. The smallest absolute Gasteiger partial charge is 0.137 e. The first-order valence-corrected chi connectivity index (χ1v) is 12.0. The third-order valence-electron chi connectivity index (χ3n) is 5.66. The van der Waals surface area contributed by atoms with Crippen molar-refractivity contribution in [2.75, 3.05) is 13.7 Å². The number of hydrogen-bond acceptors (Lipinski definition) is 6. The molecule has 0 spiro atoms. The fraction of sp³-hybridized carbons (Fsp3) is 0.185. The Hall–Kier alpha value is -3.84. The highest BCUT2D eigenvalue weighted by Crippen LogP contribution is 2.33. The molecule has 0 radical (unpaired) electrons. The van der Waals surface area contributed by atoms with Crippen molar-refractivity contribution in [3.63, 3.8) is 0 Å². The highest BCUT2D eigenvalue weighted by atomic mass is 32.1. The minimum absolute atomic E-state index is 0.645. The first-order valence-electron chi connectivity index (χ1n) is 11.1. The van der Waals surface area contributed by atoms with Crippen molar-refractivity contribution in [1.29, 1.82) is 0 Å². The van der Waals surface area contributed by atoms with Crippen LogP contribution in [-0.2, 0) is 0 Å². The molecule has 0 saturated carbocycles. The SMILES string of the molecule is CC/N=C(/c1cc2c(-c3ccc(C)s3)nccc2[nH]1)c1nc(-c2cncc(OC)c2)ccc1C. The van der Waals surface area contributed by atoms with E-state index in [0.717, 1.165) is 55.4 Å². The summed E-state index contributed by atoms with van der Waals surface area (Å²) in [5.74, 6) is 0.698. The molecule has 1 N–H and O–H groups in total. The molecule has 0 amide bonds. The number of nitrogens with zero attached hydrogens (tertiary/aromatic N) is 4. The lowest BCUT2D eigenvalue weighted by molar-refractivity contribution is 0.413. The predicted molar refractivity (Wildman–Crippen MR) is 139 cm³/mol. The molecule has 0 unspecified atom stereocenters. The van der Waals surface area contributed by atoms with E-state index in [1.807, 2.05) is 31.3 Å². The molecule has 0 aromatic carbocycles. The van der Waals surface area contributed by atoms with Crippen LogP contribution in [0, 0.1) is 13.8 Å². The minimum atomic E-state index is 0.645. The van der Waals surface area contributed by atoms with Crippen molar-refractivity contribution in [1.82, 2.24) is 19.9 Å². The van der Waals surface area contributed by atoms with E-state index in [-0.39, 0.29) is 0 Å². The molecule has 7 heteroatoms. The molecule has 5 aromatic rings. The molecule has 0 atom stereocenters. The van der Waals surface area contributed by atoms with Crippen molar-refractivity contribution < 1.29 is 4.74 Å². The second kappa shape index (κ2) is 9.19. The summed E-state index contributed by atoms with van der Waals surface area (Å²) in [6.07, 6.45) is 5.34. The van der Waals surface area contributed by atoms with Crippen LogP contribution in [0.15, 0.2) is 66.0 Å². The maximum absolute atomic E-state index is 5.34. The van der Waals surface area contributed by atoms with Crippen LogP contribution in [0.3, 0.4) is 0 Å². The highest BCUT2D eigenvalue weighted by molar-refractivity contribution is 7.15. The summed E-state index contributed by atoms with van der Waals surface area (Å²) in [6, 6.07) is 14.4. The van der Waals surface area contributed by atoms with Gasteiger partial charge < -0.3 is 9.72 Å². The Morgan fingerprint density at radius 3 is 2.74 bits per heavy atom. The summed E-state index contributed by atoms with van der Waals surface area (Å²) in [4.78, 5) is 24.8. The van der Waals surface area contributed by atoms with E-state index in [1.165, 1.54) is 4.88 Å². The average Bonchev–Trinajstić information content (AvgIpc) is 3.49. The number of rotatable bonds is 6. The van der Waals surface area contributed by atoms with Crippen molar-refractivity contribution in [3.05, 3.63) is 82.9 Å². The number of thiophene rings is 1. The van der Waals surface area contributed by atoms with Gasteiger partial charge in [-0.05, 0) is 62.7 Å². The van der Waals surface area contributed by atoms with Gasteiger partial charge in [0, 0.05) is 40.3 Å². The molecule has 0 aliphatic rings. The molecule has 0 bridgehead atoms. The lowest BCUT2D eigenvalue weighted by atomic mass is 10.1. The van der Waals surface area contributed by atoms with Gasteiger partial charge in [-0.3, -0.25) is 15.0 Å². The van der Waals surface area contributed by atoms with Gasteiger partial charge in [0.1, 0.15) is 11.5 Å². The number of ether oxygens (including phenoxy) is 1. The zero-order chi connectivity index (χ0) is 23.7. The largest absolute Gasteiger partial charge is 0.495 e. The Morgan fingerprint density at radius 1 is 1.09 bits per heavy atom. The van der Waals surface area contributed by atoms with Crippen LogP contribution in [-0.4, -0.2) is 39.3 Å². The molecular weight excluding hydrogens is 442 g/mol. The number of aliphatic imine (C=N–C) groups is 1. The fourth-order valence-electron chi connectivity index (χ4n) is 3.99. The number of aromatic nitrogens is 4. The molecule has 5 aromatic heterocycles. The Morgan fingerprint density at radius 2 is 1.97 bits per heavy atom. The van der Waals surface area contributed by atoms with E-state index < -0.39 is 0 Å². The molecule has 0 aliphatic heterocycles. The molecule has 0 fully saturated rings. The number of H-pyrrole nitrogens is 1. The van der Waals surface area contributed by atoms with Gasteiger partial charge in [0.15, 0.2) is 0 Å². The summed E-state index contributed by atoms with van der Waals surface area (Å²) in [5, 5.41) is 1.08. The van der Waals surface area contributed by atoms with Crippen LogP contribution < -0.4 is 4.74 Å². The van der Waals surface area contributed by atoms with Crippen LogP contribution >= 0.6 is 11.3 Å². The Balaban J connectivity index is 1.63. The van der Waals surface area contributed by atoms with Crippen molar-refractivity contribution >= 4 is 28.0 Å². The first kappa shape index (κ1) is 22.0. The third kappa shape index (κ3) is 4.10. The van der Waals surface area contributed by atoms with Gasteiger partial charge in [0.25, 0.3) is 0 Å². The number of nitrogens with one attached hydrogen (secondary N) is 1. The molecule has 0 saturated heterocycles. The second-order valence-corrected chi connectivity index (χ2v) is 9.30. The summed E-state index contributed by atoms with van der Waals surface area (Å²) in [6.45, 7) is 6.86. The highest BCUT2D eigenvalue weighted by Gasteiger charge is 2.18. The zero-order valence-electron chi connectivity index (χ0n) is 19.6. The lowest BCUT2D eigenvalue weighted by Crippen LogP contribution is -2.10. The van der Waals surface area contributed by atoms with Crippen molar-refractivity contribution in [3.8, 4) is 27.6 Å². The molecule has 5 rings (SSSR count). The average molecular weight is 468 g/mol. The molecule has 170 valence electrons. The first-order chi connectivity index (χ1) is 16.6. The van der Waals surface area contributed by atoms with Gasteiger partial charge in [-0.25, -0.2) is 4.98 Å². The molecule has 0 aliphatic carbocycles. The van der Waals surface area contributed by atoms with E-state index in [4.69, 9.17) is 14.7 Å². The maximum atomic E-state index is 5.34. The van der Waals surface area contributed by atoms with E-state index in [0.29, 0.717) is 12.3 Å². The Bertz CT molecular complexity index is 1510. The number of fused-ring (bicyclic) bond motifs is 1. The summed E-state index contributed by atoms with van der Waals surface area (Å²) in [7, 11) is 1.64. The van der Waals surface area contributed by atoms with Gasteiger partial charge in [0.2, 0.25) is 0 Å². The monoisotopic (exact) mass is 467 g/mol. The minimum Gasteiger partial charge on any atom is -0.495 e. The number of hydrogen-bond donors (Lipinski definition) is 1. The Kier molecular flexibility index (Phi) is 5.94. The zero-order valence-corrected chi connectivity index (χ0v) is 20.4. The summed E-state index contributed by atoms with van der Waals surface area (Å²) in [5.41, 5.74) is 7.39. The van der Waals surface area contributed by atoms with Crippen LogP contribution in [0.4, 0.5) is 0 Å². The molecule has 6 nitrogen and oxygen atoms in total. The van der Waals surface area contributed by atoms with Crippen molar-refractivity contribution in [2.24, 2.45) is 4.99 Å². The fourth-order valence-corrected chi connectivity index (χ4v) is 4.86. The van der Waals surface area contributed by atoms with Crippen molar-refractivity contribution in [2.45, 2.75) is 20.8 Å². The third-order valence-corrected chi connectivity index (χ3v) is 6.67. The quantitative estimate of drug-likeness (QED) is 0.300. The Labute approximate surface area is 202 Å². The van der Waals surface area contributed by atoms with Gasteiger partial charge in [-0.1, -0.05) is 6.07 Å². The number of aryl methyl sites for hydroxylation is 2. The van der Waals surface area contributed by atoms with Crippen LogP contribution in [0.1, 0.15) is 28.8 Å². The summed E-state index contributed by atoms with van der Waals surface area (Å²) >= 11 is 1.75. The maximum Gasteiger partial charge on any atom is 0.137 e. The van der Waals surface area contributed by atoms with Gasteiger partial charge in [-0.2, -0.15) is 0 Å². The number of aromatic amines is 1. The number of pyridine rings is 3. The van der Waals surface area contributed by atoms with Crippen LogP contribution in [0.2, 0.25) is 0 Å². The second-order valence-electron chi connectivity index (χ2n) is 8.01. The summed E-state index contributed by atoms with van der Waals surface area (Å²) < 4.78 is 5.34. The topological polar surface area (TPSA) is 76.0 Å².